The van der Waals surface area contributed by atoms with E-state index in [-0.39, 0.29) is 23.4 Å². The molecule has 2 rings (SSSR count). The Morgan fingerprint density at radius 1 is 1.35 bits per heavy atom. The highest BCUT2D eigenvalue weighted by molar-refractivity contribution is 5.90. The second-order valence-corrected chi connectivity index (χ2v) is 5.03. The van der Waals surface area contributed by atoms with Crippen molar-refractivity contribution in [2.24, 2.45) is 0 Å². The van der Waals surface area contributed by atoms with Crippen molar-refractivity contribution in [2.75, 3.05) is 7.05 Å². The predicted molar refractivity (Wildman–Crippen MR) is 74.4 cm³/mol. The molecule has 2 N–H and O–H groups in total. The second-order valence-electron chi connectivity index (χ2n) is 5.03. The number of carbonyl (C=O) groups is 1. The normalized spacial score (nSPS) is 10.8. The maximum Gasteiger partial charge on any atom is 0.293 e. The van der Waals surface area contributed by atoms with Gasteiger partial charge < -0.3 is 10.0 Å². The highest BCUT2D eigenvalue weighted by Gasteiger charge is 2.18. The van der Waals surface area contributed by atoms with E-state index in [0.29, 0.717) is 12.4 Å². The number of nitrogens with zero attached hydrogens (tertiary/aromatic N) is 3. The fourth-order valence-electron chi connectivity index (χ4n) is 1.75. The number of H-pyrrole nitrogens is 1. The van der Waals surface area contributed by atoms with Crippen LogP contribution in [0.15, 0.2) is 24.3 Å². The Hall–Kier alpha value is -2.37. The van der Waals surface area contributed by atoms with Crippen LogP contribution in [-0.4, -0.2) is 38.1 Å². The third-order valence-corrected chi connectivity index (χ3v) is 2.94. The number of phenols is 1. The molecule has 0 bridgehead atoms. The van der Waals surface area contributed by atoms with Crippen molar-refractivity contribution in [3.8, 4) is 5.75 Å². The minimum absolute atomic E-state index is 0.176. The molecule has 6 heteroatoms. The first kappa shape index (κ1) is 14.0. The van der Waals surface area contributed by atoms with Crippen molar-refractivity contribution >= 4 is 5.91 Å². The topological polar surface area (TPSA) is 82.1 Å². The van der Waals surface area contributed by atoms with Crippen molar-refractivity contribution in [2.45, 2.75) is 26.3 Å². The summed E-state index contributed by atoms with van der Waals surface area (Å²) in [6.45, 7) is 4.40. The molecule has 20 heavy (non-hydrogen) atoms. The summed E-state index contributed by atoms with van der Waals surface area (Å²) in [7, 11) is 1.70. The third-order valence-electron chi connectivity index (χ3n) is 2.94. The van der Waals surface area contributed by atoms with Gasteiger partial charge in [-0.15, -0.1) is 5.10 Å². The zero-order valence-electron chi connectivity index (χ0n) is 11.8. The summed E-state index contributed by atoms with van der Waals surface area (Å²) in [4.78, 5) is 17.9. The van der Waals surface area contributed by atoms with Gasteiger partial charge in [0, 0.05) is 19.5 Å². The predicted octanol–water partition coefficient (Wildman–Crippen LogP) is 1.91. The van der Waals surface area contributed by atoms with E-state index in [1.165, 1.54) is 0 Å². The highest BCUT2D eigenvalue weighted by atomic mass is 16.3. The number of aromatic nitrogens is 3. The van der Waals surface area contributed by atoms with Crippen LogP contribution in [0.5, 0.6) is 5.75 Å². The van der Waals surface area contributed by atoms with E-state index in [9.17, 15) is 9.90 Å². The van der Waals surface area contributed by atoms with Gasteiger partial charge in [-0.25, -0.2) is 4.98 Å². The number of carbonyl (C=O) groups excluding carboxylic acids is 1. The number of aromatic hydroxyl groups is 1. The molecule has 0 unspecified atom stereocenters. The monoisotopic (exact) mass is 274 g/mol. The summed E-state index contributed by atoms with van der Waals surface area (Å²) in [5.74, 6) is 1.05. The average Bonchev–Trinajstić information content (AvgIpc) is 2.90. The number of benzene rings is 1. The summed E-state index contributed by atoms with van der Waals surface area (Å²) in [6, 6.07) is 6.74. The molecule has 2 aromatic rings. The fourth-order valence-corrected chi connectivity index (χ4v) is 1.75. The Labute approximate surface area is 117 Å². The molecule has 0 aliphatic rings. The molecular formula is C14H18N4O2. The van der Waals surface area contributed by atoms with Gasteiger partial charge in [0.05, 0.1) is 0 Å². The molecule has 0 saturated heterocycles. The first-order valence-corrected chi connectivity index (χ1v) is 6.43. The molecule has 0 radical (unpaired) electrons. The van der Waals surface area contributed by atoms with Crippen LogP contribution in [0.1, 0.15) is 41.8 Å². The van der Waals surface area contributed by atoms with E-state index in [4.69, 9.17) is 0 Å². The number of aromatic amines is 1. The third kappa shape index (κ3) is 3.14. The number of nitrogens with one attached hydrogen (secondary N) is 1. The fraction of sp³-hybridized carbons (Fsp3) is 0.357. The van der Waals surface area contributed by atoms with Crippen molar-refractivity contribution in [1.82, 2.24) is 20.1 Å². The molecule has 1 heterocycles. The lowest BCUT2D eigenvalue weighted by Gasteiger charge is -2.15. The van der Waals surface area contributed by atoms with Crippen molar-refractivity contribution in [3.63, 3.8) is 0 Å². The Balaban J connectivity index is 2.06. The molecule has 0 aliphatic carbocycles. The van der Waals surface area contributed by atoms with Crippen LogP contribution < -0.4 is 0 Å². The number of hydrogen-bond donors (Lipinski definition) is 2. The van der Waals surface area contributed by atoms with Crippen LogP contribution in [0.2, 0.25) is 0 Å². The van der Waals surface area contributed by atoms with Gasteiger partial charge in [-0.1, -0.05) is 26.0 Å². The number of hydrogen-bond acceptors (Lipinski definition) is 4. The van der Waals surface area contributed by atoms with Crippen LogP contribution in [-0.2, 0) is 6.54 Å². The average molecular weight is 274 g/mol. The van der Waals surface area contributed by atoms with Gasteiger partial charge in [0.25, 0.3) is 5.91 Å². The van der Waals surface area contributed by atoms with Gasteiger partial charge in [-0.3, -0.25) is 9.89 Å². The van der Waals surface area contributed by atoms with Crippen LogP contribution in [0.25, 0.3) is 0 Å². The lowest BCUT2D eigenvalue weighted by molar-refractivity contribution is 0.0773. The summed E-state index contributed by atoms with van der Waals surface area (Å²) in [6.07, 6.45) is 0. The van der Waals surface area contributed by atoms with Crippen LogP contribution in [0, 0.1) is 0 Å². The molecule has 1 amide bonds. The lowest BCUT2D eigenvalue weighted by atomic mass is 10.2. The van der Waals surface area contributed by atoms with Crippen LogP contribution >= 0.6 is 0 Å². The van der Waals surface area contributed by atoms with Crippen molar-refractivity contribution < 1.29 is 9.90 Å². The number of rotatable bonds is 4. The van der Waals surface area contributed by atoms with Crippen molar-refractivity contribution in [1.29, 1.82) is 0 Å². The van der Waals surface area contributed by atoms with E-state index >= 15 is 0 Å². The van der Waals surface area contributed by atoms with Crippen LogP contribution in [0.4, 0.5) is 0 Å². The first-order chi connectivity index (χ1) is 9.47. The number of phenolic OH excluding ortho intramolecular Hbond substituents is 1. The summed E-state index contributed by atoms with van der Waals surface area (Å²) >= 11 is 0. The minimum Gasteiger partial charge on any atom is -0.508 e. The smallest absolute Gasteiger partial charge is 0.293 e. The standard InChI is InChI=1S/C14H18N4O2/c1-9(2)12-15-13(17-16-12)14(20)18(3)8-10-4-6-11(19)7-5-10/h4-7,9,19H,8H2,1-3H3,(H,15,16,17). The van der Waals surface area contributed by atoms with Gasteiger partial charge in [0.1, 0.15) is 11.6 Å². The molecule has 1 aromatic carbocycles. The van der Waals surface area contributed by atoms with E-state index in [2.05, 4.69) is 15.2 Å². The summed E-state index contributed by atoms with van der Waals surface area (Å²) in [5.41, 5.74) is 0.929. The van der Waals surface area contributed by atoms with E-state index in [1.54, 1.807) is 36.2 Å². The molecule has 6 nitrogen and oxygen atoms in total. The summed E-state index contributed by atoms with van der Waals surface area (Å²) in [5, 5.41) is 15.9. The molecule has 0 saturated carbocycles. The van der Waals surface area contributed by atoms with Crippen molar-refractivity contribution in [3.05, 3.63) is 41.5 Å². The van der Waals surface area contributed by atoms with Gasteiger partial charge in [0.2, 0.25) is 5.82 Å². The molecule has 1 aromatic heterocycles. The minimum atomic E-state index is -0.235. The van der Waals surface area contributed by atoms with Gasteiger partial charge >= 0.3 is 0 Å². The van der Waals surface area contributed by atoms with E-state index < -0.39 is 0 Å². The molecule has 0 atom stereocenters. The Morgan fingerprint density at radius 3 is 2.55 bits per heavy atom. The molecule has 0 spiro atoms. The Kier molecular flexibility index (Phi) is 4.02. The quantitative estimate of drug-likeness (QED) is 0.892. The highest BCUT2D eigenvalue weighted by Crippen LogP contribution is 2.13. The molecule has 0 aliphatic heterocycles. The molecule has 106 valence electrons. The van der Waals surface area contributed by atoms with Gasteiger partial charge in [0.15, 0.2) is 0 Å². The van der Waals surface area contributed by atoms with Gasteiger partial charge in [-0.05, 0) is 17.7 Å². The van der Waals surface area contributed by atoms with E-state index in [0.717, 1.165) is 5.56 Å². The lowest BCUT2D eigenvalue weighted by Crippen LogP contribution is -2.27. The SMILES string of the molecule is CC(C)c1nc(C(=O)N(C)Cc2ccc(O)cc2)n[nH]1. The summed E-state index contributed by atoms with van der Waals surface area (Å²) < 4.78 is 0. The molecular weight excluding hydrogens is 256 g/mol. The van der Waals surface area contributed by atoms with Gasteiger partial charge in [-0.2, -0.15) is 0 Å². The zero-order chi connectivity index (χ0) is 14.7. The largest absolute Gasteiger partial charge is 0.508 e. The second kappa shape index (κ2) is 5.73. The Bertz CT molecular complexity index is 589. The maximum absolute atomic E-state index is 12.2. The number of amides is 1. The maximum atomic E-state index is 12.2. The molecule has 0 fully saturated rings. The first-order valence-electron chi connectivity index (χ1n) is 6.43. The zero-order valence-corrected chi connectivity index (χ0v) is 11.8. The van der Waals surface area contributed by atoms with Crippen LogP contribution in [0.3, 0.4) is 0 Å². The van der Waals surface area contributed by atoms with E-state index in [1.807, 2.05) is 13.8 Å². The Morgan fingerprint density at radius 2 is 2.00 bits per heavy atom.